The van der Waals surface area contributed by atoms with Crippen molar-refractivity contribution in [1.82, 2.24) is 9.55 Å². The third kappa shape index (κ3) is 2.46. The van der Waals surface area contributed by atoms with Crippen molar-refractivity contribution in [3.8, 4) is 0 Å². The normalized spacial score (nSPS) is 16.5. The lowest BCUT2D eigenvalue weighted by Gasteiger charge is -2.10. The molecule has 0 bridgehead atoms. The monoisotopic (exact) mass is 257 g/mol. The zero-order valence-corrected chi connectivity index (χ0v) is 11.7. The molecule has 1 saturated carbocycles. The lowest BCUT2D eigenvalue weighted by Crippen LogP contribution is -2.05. The number of nitrogens with two attached hydrogens (primary N) is 1. The molecule has 1 aromatic carbocycles. The molecule has 1 aliphatic carbocycles. The number of hydrogen-bond donors (Lipinski definition) is 1. The third-order valence-electron chi connectivity index (χ3n) is 4.48. The highest BCUT2D eigenvalue weighted by molar-refractivity contribution is 5.81. The van der Waals surface area contributed by atoms with Crippen molar-refractivity contribution in [2.75, 3.05) is 5.73 Å². The summed E-state index contributed by atoms with van der Waals surface area (Å²) in [6.45, 7) is 3.10. The van der Waals surface area contributed by atoms with Crippen molar-refractivity contribution in [3.63, 3.8) is 0 Å². The van der Waals surface area contributed by atoms with Gasteiger partial charge >= 0.3 is 0 Å². The highest BCUT2D eigenvalue weighted by atomic mass is 15.1. The van der Waals surface area contributed by atoms with E-state index in [1.807, 2.05) is 0 Å². The second-order valence-corrected chi connectivity index (χ2v) is 5.86. The fourth-order valence-corrected chi connectivity index (χ4v) is 3.38. The minimum Gasteiger partial charge on any atom is -0.369 e. The van der Waals surface area contributed by atoms with Crippen LogP contribution in [-0.2, 0) is 6.54 Å². The first-order valence-electron chi connectivity index (χ1n) is 7.47. The van der Waals surface area contributed by atoms with Crippen molar-refractivity contribution < 1.29 is 0 Å². The Labute approximate surface area is 114 Å². The number of aryl methyl sites for hydroxylation is 2. The van der Waals surface area contributed by atoms with Gasteiger partial charge in [0.1, 0.15) is 0 Å². The SMILES string of the molecule is Cc1cccc2c1nc(N)n2CCCC1CCCC1. The number of aromatic nitrogens is 2. The highest BCUT2D eigenvalue weighted by Crippen LogP contribution is 2.29. The number of hydrogen-bond acceptors (Lipinski definition) is 2. The van der Waals surface area contributed by atoms with E-state index < -0.39 is 0 Å². The van der Waals surface area contributed by atoms with Crippen LogP contribution < -0.4 is 5.73 Å². The molecular formula is C16H23N3. The van der Waals surface area contributed by atoms with Gasteiger partial charge in [0, 0.05) is 6.54 Å². The molecule has 3 rings (SSSR count). The molecule has 1 heterocycles. The van der Waals surface area contributed by atoms with Crippen LogP contribution in [0.3, 0.4) is 0 Å². The molecule has 0 unspecified atom stereocenters. The van der Waals surface area contributed by atoms with Gasteiger partial charge in [-0.2, -0.15) is 0 Å². The fraction of sp³-hybridized carbons (Fsp3) is 0.562. The minimum atomic E-state index is 0.663. The van der Waals surface area contributed by atoms with E-state index in [0.717, 1.165) is 18.0 Å². The average molecular weight is 257 g/mol. The highest BCUT2D eigenvalue weighted by Gasteiger charge is 2.15. The van der Waals surface area contributed by atoms with E-state index in [1.165, 1.54) is 49.6 Å². The minimum absolute atomic E-state index is 0.663. The number of imidazole rings is 1. The maximum Gasteiger partial charge on any atom is 0.201 e. The summed E-state index contributed by atoms with van der Waals surface area (Å²) < 4.78 is 2.18. The molecule has 0 radical (unpaired) electrons. The van der Waals surface area contributed by atoms with Crippen LogP contribution in [0.5, 0.6) is 0 Å². The van der Waals surface area contributed by atoms with Crippen LogP contribution in [0, 0.1) is 12.8 Å². The Hall–Kier alpha value is -1.51. The molecule has 0 amide bonds. The molecule has 3 heteroatoms. The Morgan fingerprint density at radius 1 is 1.32 bits per heavy atom. The quantitative estimate of drug-likeness (QED) is 0.902. The number of nitrogens with zero attached hydrogens (tertiary/aromatic N) is 2. The summed E-state index contributed by atoms with van der Waals surface area (Å²) in [6, 6.07) is 6.31. The maximum absolute atomic E-state index is 6.07. The maximum atomic E-state index is 6.07. The number of rotatable bonds is 4. The van der Waals surface area contributed by atoms with E-state index in [9.17, 15) is 0 Å². The van der Waals surface area contributed by atoms with E-state index in [1.54, 1.807) is 0 Å². The molecule has 19 heavy (non-hydrogen) atoms. The summed E-state index contributed by atoms with van der Waals surface area (Å²) in [7, 11) is 0. The zero-order chi connectivity index (χ0) is 13.2. The molecule has 1 aliphatic rings. The summed E-state index contributed by atoms with van der Waals surface area (Å²) in [4.78, 5) is 4.50. The van der Waals surface area contributed by atoms with Crippen LogP contribution in [-0.4, -0.2) is 9.55 Å². The van der Waals surface area contributed by atoms with Crippen LogP contribution in [0.1, 0.15) is 44.1 Å². The Morgan fingerprint density at radius 2 is 2.11 bits per heavy atom. The number of para-hydroxylation sites is 1. The van der Waals surface area contributed by atoms with E-state index in [-0.39, 0.29) is 0 Å². The molecular weight excluding hydrogens is 234 g/mol. The van der Waals surface area contributed by atoms with Gasteiger partial charge in [-0.25, -0.2) is 4.98 Å². The predicted octanol–water partition coefficient (Wildman–Crippen LogP) is 3.90. The van der Waals surface area contributed by atoms with Gasteiger partial charge in [-0.1, -0.05) is 37.8 Å². The molecule has 1 fully saturated rings. The Morgan fingerprint density at radius 3 is 2.89 bits per heavy atom. The number of anilines is 1. The Kier molecular flexibility index (Phi) is 3.45. The second-order valence-electron chi connectivity index (χ2n) is 5.86. The average Bonchev–Trinajstić information content (AvgIpc) is 3.00. The molecule has 3 nitrogen and oxygen atoms in total. The first-order chi connectivity index (χ1) is 9.25. The van der Waals surface area contributed by atoms with Crippen LogP contribution in [0.25, 0.3) is 11.0 Å². The van der Waals surface area contributed by atoms with Crippen molar-refractivity contribution >= 4 is 17.0 Å². The van der Waals surface area contributed by atoms with Gasteiger partial charge in [-0.15, -0.1) is 0 Å². The summed E-state index contributed by atoms with van der Waals surface area (Å²) in [6.07, 6.45) is 8.28. The van der Waals surface area contributed by atoms with Crippen molar-refractivity contribution in [1.29, 1.82) is 0 Å². The fourth-order valence-electron chi connectivity index (χ4n) is 3.38. The second kappa shape index (κ2) is 5.24. The van der Waals surface area contributed by atoms with E-state index in [0.29, 0.717) is 5.95 Å². The summed E-state index contributed by atoms with van der Waals surface area (Å²) in [5, 5.41) is 0. The molecule has 2 aromatic rings. The van der Waals surface area contributed by atoms with Crippen molar-refractivity contribution in [3.05, 3.63) is 23.8 Å². The van der Waals surface area contributed by atoms with E-state index in [4.69, 9.17) is 5.73 Å². The molecule has 0 atom stereocenters. The first-order valence-corrected chi connectivity index (χ1v) is 7.47. The Bertz CT molecular complexity index is 565. The van der Waals surface area contributed by atoms with Gasteiger partial charge in [0.05, 0.1) is 11.0 Å². The molecule has 0 saturated heterocycles. The molecule has 102 valence electrons. The van der Waals surface area contributed by atoms with E-state index >= 15 is 0 Å². The Balaban J connectivity index is 1.73. The zero-order valence-electron chi connectivity index (χ0n) is 11.7. The third-order valence-corrected chi connectivity index (χ3v) is 4.48. The summed E-state index contributed by atoms with van der Waals surface area (Å²) >= 11 is 0. The molecule has 1 aromatic heterocycles. The first kappa shape index (κ1) is 12.5. The van der Waals surface area contributed by atoms with E-state index in [2.05, 4.69) is 34.7 Å². The largest absolute Gasteiger partial charge is 0.369 e. The van der Waals surface area contributed by atoms with Crippen molar-refractivity contribution in [2.45, 2.75) is 52.0 Å². The number of benzene rings is 1. The van der Waals surface area contributed by atoms with Gasteiger partial charge in [0.25, 0.3) is 0 Å². The lowest BCUT2D eigenvalue weighted by molar-refractivity contribution is 0.462. The van der Waals surface area contributed by atoms with Gasteiger partial charge < -0.3 is 10.3 Å². The standard InChI is InChI=1S/C16H23N3/c1-12-6-4-10-14-15(12)18-16(17)19(14)11-5-9-13-7-2-3-8-13/h4,6,10,13H,2-3,5,7-9,11H2,1H3,(H2,17,18). The lowest BCUT2D eigenvalue weighted by atomic mass is 10.0. The summed E-state index contributed by atoms with van der Waals surface area (Å²) in [5.41, 5.74) is 9.52. The van der Waals surface area contributed by atoms with Gasteiger partial charge in [-0.05, 0) is 37.3 Å². The van der Waals surface area contributed by atoms with Gasteiger partial charge in [-0.3, -0.25) is 0 Å². The van der Waals surface area contributed by atoms with Crippen LogP contribution in [0.15, 0.2) is 18.2 Å². The number of nitrogen functional groups attached to an aromatic ring is 1. The molecule has 0 aliphatic heterocycles. The van der Waals surface area contributed by atoms with Crippen LogP contribution in [0.4, 0.5) is 5.95 Å². The summed E-state index contributed by atoms with van der Waals surface area (Å²) in [5.74, 6) is 1.62. The van der Waals surface area contributed by atoms with Crippen molar-refractivity contribution in [2.24, 2.45) is 5.92 Å². The van der Waals surface area contributed by atoms with Crippen LogP contribution in [0.2, 0.25) is 0 Å². The molecule has 2 N–H and O–H groups in total. The number of fused-ring (bicyclic) bond motifs is 1. The molecule has 0 spiro atoms. The van der Waals surface area contributed by atoms with Crippen LogP contribution >= 0.6 is 0 Å². The smallest absolute Gasteiger partial charge is 0.201 e. The van der Waals surface area contributed by atoms with Gasteiger partial charge in [0.15, 0.2) is 0 Å². The van der Waals surface area contributed by atoms with Gasteiger partial charge in [0.2, 0.25) is 5.95 Å². The topological polar surface area (TPSA) is 43.8 Å². The predicted molar refractivity (Wildman–Crippen MR) is 80.1 cm³/mol.